The summed E-state index contributed by atoms with van der Waals surface area (Å²) in [6.07, 6.45) is 13.9. The molecule has 1 aromatic heterocycles. The summed E-state index contributed by atoms with van der Waals surface area (Å²) in [5.74, 6) is 0. The molecule has 18 heavy (non-hydrogen) atoms. The lowest BCUT2D eigenvalue weighted by Crippen LogP contribution is -2.10. The van der Waals surface area contributed by atoms with Crippen LogP contribution in [0.15, 0.2) is 59.4 Å². The van der Waals surface area contributed by atoms with Gasteiger partial charge in [0.1, 0.15) is 0 Å². The van der Waals surface area contributed by atoms with E-state index in [2.05, 4.69) is 41.2 Å². The average molecular weight is 238 g/mol. The minimum atomic E-state index is 0.835. The Labute approximate surface area is 108 Å². The van der Waals surface area contributed by atoms with Gasteiger partial charge in [0.25, 0.3) is 0 Å². The van der Waals surface area contributed by atoms with Gasteiger partial charge < -0.3 is 0 Å². The molecule has 0 N–H and O–H groups in total. The molecule has 1 aliphatic carbocycles. The maximum absolute atomic E-state index is 4.54. The molecule has 0 amide bonds. The van der Waals surface area contributed by atoms with Crippen molar-refractivity contribution in [3.05, 3.63) is 65.7 Å². The summed E-state index contributed by atoms with van der Waals surface area (Å²) in [4.78, 5) is 9.04. The van der Waals surface area contributed by atoms with Gasteiger partial charge in [0.15, 0.2) is 0 Å². The van der Waals surface area contributed by atoms with Crippen LogP contribution in [0.2, 0.25) is 0 Å². The first kappa shape index (κ1) is 12.5. The molecule has 92 valence electrons. The topological polar surface area (TPSA) is 25.2 Å². The first-order valence-corrected chi connectivity index (χ1v) is 6.29. The van der Waals surface area contributed by atoms with E-state index in [1.807, 2.05) is 31.5 Å². The number of hydrogen-bond donors (Lipinski definition) is 0. The second-order valence-corrected chi connectivity index (χ2v) is 4.22. The molecule has 1 aromatic rings. The second-order valence-electron chi connectivity index (χ2n) is 4.22. The summed E-state index contributed by atoms with van der Waals surface area (Å²) in [7, 11) is 0. The van der Waals surface area contributed by atoms with E-state index in [1.54, 1.807) is 0 Å². The van der Waals surface area contributed by atoms with Crippen LogP contribution in [-0.4, -0.2) is 10.7 Å². The van der Waals surface area contributed by atoms with Crippen molar-refractivity contribution in [2.24, 2.45) is 4.99 Å². The highest BCUT2D eigenvalue weighted by Crippen LogP contribution is 2.18. The Hall–Kier alpha value is -1.96. The summed E-state index contributed by atoms with van der Waals surface area (Å²) < 4.78 is 0. The molecule has 0 atom stereocenters. The van der Waals surface area contributed by atoms with E-state index in [9.17, 15) is 0 Å². The maximum Gasteiger partial charge on any atom is 0.0882 e. The number of aliphatic imine (C=N–C) groups is 1. The van der Waals surface area contributed by atoms with Crippen LogP contribution in [0.3, 0.4) is 0 Å². The lowest BCUT2D eigenvalue weighted by Gasteiger charge is -2.13. The zero-order chi connectivity index (χ0) is 12.8. The normalized spacial score (nSPS) is 21.9. The van der Waals surface area contributed by atoms with Gasteiger partial charge in [-0.3, -0.25) is 9.98 Å². The lowest BCUT2D eigenvalue weighted by molar-refractivity contribution is 1.12. The fourth-order valence-corrected chi connectivity index (χ4v) is 2.01. The molecule has 0 saturated carbocycles. The molecule has 0 aliphatic heterocycles. The summed E-state index contributed by atoms with van der Waals surface area (Å²) in [6.45, 7) is 4.04. The number of rotatable bonds is 1. The van der Waals surface area contributed by atoms with Crippen LogP contribution in [0.4, 0.5) is 0 Å². The van der Waals surface area contributed by atoms with Crippen LogP contribution < -0.4 is 0 Å². The number of aromatic nitrogens is 1. The van der Waals surface area contributed by atoms with Crippen molar-refractivity contribution in [2.75, 3.05) is 0 Å². The third-order valence-corrected chi connectivity index (χ3v) is 2.96. The van der Waals surface area contributed by atoms with Crippen molar-refractivity contribution in [1.29, 1.82) is 0 Å². The summed E-state index contributed by atoms with van der Waals surface area (Å²) in [5, 5.41) is 0. The molecule has 0 spiro atoms. The van der Waals surface area contributed by atoms with Crippen molar-refractivity contribution >= 4 is 5.71 Å². The molecule has 0 fully saturated rings. The molecule has 2 rings (SSSR count). The van der Waals surface area contributed by atoms with Gasteiger partial charge in [0.2, 0.25) is 0 Å². The molecular weight excluding hydrogens is 220 g/mol. The SMILES string of the molecule is C/C=C\N=C1CC(=C\C)/C=C\Cc2cccnc21. The Kier molecular flexibility index (Phi) is 4.24. The van der Waals surface area contributed by atoms with Crippen molar-refractivity contribution in [2.45, 2.75) is 26.7 Å². The Bertz CT molecular complexity index is 534. The molecule has 1 heterocycles. The molecule has 0 saturated heterocycles. The highest BCUT2D eigenvalue weighted by molar-refractivity contribution is 6.02. The zero-order valence-corrected chi connectivity index (χ0v) is 10.9. The van der Waals surface area contributed by atoms with Gasteiger partial charge in [-0.05, 0) is 37.5 Å². The Morgan fingerprint density at radius 1 is 1.33 bits per heavy atom. The Morgan fingerprint density at radius 2 is 2.22 bits per heavy atom. The van der Waals surface area contributed by atoms with Crippen molar-refractivity contribution in [3.8, 4) is 0 Å². The number of nitrogens with zero attached hydrogens (tertiary/aromatic N) is 2. The maximum atomic E-state index is 4.54. The number of fused-ring (bicyclic) bond motifs is 1. The zero-order valence-electron chi connectivity index (χ0n) is 10.9. The van der Waals surface area contributed by atoms with Crippen LogP contribution in [0, 0.1) is 0 Å². The number of hydrogen-bond acceptors (Lipinski definition) is 2. The highest BCUT2D eigenvalue weighted by atomic mass is 14.8. The van der Waals surface area contributed by atoms with E-state index >= 15 is 0 Å². The monoisotopic (exact) mass is 238 g/mol. The smallest absolute Gasteiger partial charge is 0.0882 e. The van der Waals surface area contributed by atoms with Crippen LogP contribution in [0.5, 0.6) is 0 Å². The predicted molar refractivity (Wildman–Crippen MR) is 76.8 cm³/mol. The van der Waals surface area contributed by atoms with E-state index in [-0.39, 0.29) is 0 Å². The van der Waals surface area contributed by atoms with E-state index in [4.69, 9.17) is 0 Å². The molecule has 2 nitrogen and oxygen atoms in total. The first-order valence-electron chi connectivity index (χ1n) is 6.29. The quantitative estimate of drug-likeness (QED) is 0.729. The van der Waals surface area contributed by atoms with E-state index in [1.165, 1.54) is 11.1 Å². The minimum Gasteiger partial charge on any atom is -0.259 e. The standard InChI is InChI=1S/C16H18N2/c1-3-10-17-15-12-13(4-2)7-5-8-14-9-6-11-18-16(14)15/h3-7,9-11H,8,12H2,1-2H3/b7-5-,10-3-,13-4-,17-15?. The van der Waals surface area contributed by atoms with Crippen LogP contribution in [0.25, 0.3) is 0 Å². The third kappa shape index (κ3) is 2.83. The summed E-state index contributed by atoms with van der Waals surface area (Å²) in [5.41, 5.74) is 4.60. The Morgan fingerprint density at radius 3 is 3.00 bits per heavy atom. The average Bonchev–Trinajstić information content (AvgIpc) is 2.39. The Balaban J connectivity index is 2.50. The largest absolute Gasteiger partial charge is 0.259 e. The van der Waals surface area contributed by atoms with Crippen molar-refractivity contribution in [3.63, 3.8) is 0 Å². The third-order valence-electron chi connectivity index (χ3n) is 2.96. The predicted octanol–water partition coefficient (Wildman–Crippen LogP) is 3.85. The van der Waals surface area contributed by atoms with Crippen LogP contribution >= 0.6 is 0 Å². The molecule has 0 radical (unpaired) electrons. The fourth-order valence-electron chi connectivity index (χ4n) is 2.01. The summed E-state index contributed by atoms with van der Waals surface area (Å²) >= 11 is 0. The molecule has 0 aromatic carbocycles. The van der Waals surface area contributed by atoms with Gasteiger partial charge in [0.05, 0.1) is 11.4 Å². The minimum absolute atomic E-state index is 0.835. The van der Waals surface area contributed by atoms with Crippen LogP contribution in [-0.2, 0) is 6.42 Å². The highest BCUT2D eigenvalue weighted by Gasteiger charge is 2.12. The van der Waals surface area contributed by atoms with E-state index in [0.717, 1.165) is 24.2 Å². The fraction of sp³-hybridized carbons (Fsp3) is 0.250. The van der Waals surface area contributed by atoms with Gasteiger partial charge in [0, 0.05) is 18.8 Å². The molecular formula is C16H18N2. The van der Waals surface area contributed by atoms with Crippen LogP contribution in [0.1, 0.15) is 31.5 Å². The number of pyridine rings is 1. The number of allylic oxidation sites excluding steroid dienone is 5. The van der Waals surface area contributed by atoms with Crippen molar-refractivity contribution in [1.82, 2.24) is 4.98 Å². The van der Waals surface area contributed by atoms with Gasteiger partial charge in [-0.2, -0.15) is 0 Å². The van der Waals surface area contributed by atoms with Gasteiger partial charge >= 0.3 is 0 Å². The molecule has 0 bridgehead atoms. The first-order chi connectivity index (χ1) is 8.85. The summed E-state index contributed by atoms with van der Waals surface area (Å²) in [6, 6.07) is 4.11. The molecule has 2 heteroatoms. The van der Waals surface area contributed by atoms with Crippen molar-refractivity contribution < 1.29 is 0 Å². The molecule has 1 aliphatic rings. The second kappa shape index (κ2) is 6.10. The van der Waals surface area contributed by atoms with E-state index < -0.39 is 0 Å². The van der Waals surface area contributed by atoms with Gasteiger partial charge in [-0.25, -0.2) is 0 Å². The van der Waals surface area contributed by atoms with Gasteiger partial charge in [-0.1, -0.05) is 30.4 Å². The van der Waals surface area contributed by atoms with E-state index in [0.29, 0.717) is 0 Å². The molecule has 0 unspecified atom stereocenters. The van der Waals surface area contributed by atoms with Gasteiger partial charge in [-0.15, -0.1) is 0 Å². The lowest BCUT2D eigenvalue weighted by atomic mass is 9.97.